The summed E-state index contributed by atoms with van der Waals surface area (Å²) in [6.45, 7) is 10.8. The number of rotatable bonds is 4. The van der Waals surface area contributed by atoms with Crippen LogP contribution in [0.4, 0.5) is 0 Å². The van der Waals surface area contributed by atoms with Crippen LogP contribution in [0, 0.1) is 17.3 Å². The molecule has 3 nitrogen and oxygen atoms in total. The summed E-state index contributed by atoms with van der Waals surface area (Å²) in [7, 11) is 0. The van der Waals surface area contributed by atoms with Crippen LogP contribution in [0.2, 0.25) is 0 Å². The zero-order valence-electron chi connectivity index (χ0n) is 12.5. The van der Waals surface area contributed by atoms with Crippen molar-refractivity contribution in [1.29, 1.82) is 0 Å². The molecule has 1 rings (SSSR count). The Balaban J connectivity index is 2.44. The van der Waals surface area contributed by atoms with Crippen molar-refractivity contribution < 1.29 is 9.53 Å². The van der Waals surface area contributed by atoms with Crippen LogP contribution < -0.4 is 5.73 Å². The normalized spacial score (nSPS) is 29.1. The third-order valence-corrected chi connectivity index (χ3v) is 3.90. The summed E-state index contributed by atoms with van der Waals surface area (Å²) < 4.78 is 5.60. The molecule has 0 radical (unpaired) electrons. The molecule has 3 unspecified atom stereocenters. The summed E-state index contributed by atoms with van der Waals surface area (Å²) in [5.74, 6) is 0.815. The van der Waals surface area contributed by atoms with Crippen LogP contribution in [0.1, 0.15) is 60.3 Å². The van der Waals surface area contributed by atoms with Crippen LogP contribution in [0.5, 0.6) is 0 Å². The van der Waals surface area contributed by atoms with Gasteiger partial charge in [-0.3, -0.25) is 4.79 Å². The van der Waals surface area contributed by atoms with Gasteiger partial charge in [0.15, 0.2) is 0 Å². The molecule has 0 aromatic rings. The van der Waals surface area contributed by atoms with Gasteiger partial charge in [-0.2, -0.15) is 0 Å². The van der Waals surface area contributed by atoms with Crippen molar-refractivity contribution in [2.45, 2.75) is 72.4 Å². The van der Waals surface area contributed by atoms with Gasteiger partial charge >= 0.3 is 5.97 Å². The highest BCUT2D eigenvalue weighted by Crippen LogP contribution is 2.39. The first-order valence-corrected chi connectivity index (χ1v) is 7.14. The number of nitrogens with two attached hydrogens (primary N) is 1. The molecule has 1 saturated carbocycles. The zero-order chi connectivity index (χ0) is 13.9. The van der Waals surface area contributed by atoms with Gasteiger partial charge in [0.1, 0.15) is 6.10 Å². The van der Waals surface area contributed by atoms with Crippen molar-refractivity contribution >= 4 is 5.97 Å². The number of carbonyl (C=O) groups is 1. The Kier molecular flexibility index (Phi) is 5.20. The van der Waals surface area contributed by atoms with Crippen LogP contribution in [0.25, 0.3) is 0 Å². The number of ether oxygens (including phenoxy) is 1. The number of hydrogen-bond donors (Lipinski definition) is 1. The van der Waals surface area contributed by atoms with Gasteiger partial charge in [-0.15, -0.1) is 0 Å². The molecule has 2 N–H and O–H groups in total. The first-order chi connectivity index (χ1) is 8.19. The van der Waals surface area contributed by atoms with Crippen LogP contribution >= 0.6 is 0 Å². The molecule has 1 aliphatic rings. The van der Waals surface area contributed by atoms with Crippen LogP contribution in [0.3, 0.4) is 0 Å². The largest absolute Gasteiger partial charge is 0.462 e. The highest BCUT2D eigenvalue weighted by atomic mass is 16.5. The van der Waals surface area contributed by atoms with Crippen molar-refractivity contribution in [1.82, 2.24) is 0 Å². The molecule has 0 aromatic carbocycles. The molecule has 1 fully saturated rings. The second kappa shape index (κ2) is 6.05. The molecular weight excluding hydrogens is 226 g/mol. The van der Waals surface area contributed by atoms with E-state index >= 15 is 0 Å². The maximum atomic E-state index is 11.8. The lowest BCUT2D eigenvalue weighted by Gasteiger charge is -2.38. The predicted molar refractivity (Wildman–Crippen MR) is 74.1 cm³/mol. The van der Waals surface area contributed by atoms with Crippen molar-refractivity contribution in [3.63, 3.8) is 0 Å². The highest BCUT2D eigenvalue weighted by Gasteiger charge is 2.34. The third kappa shape index (κ3) is 4.97. The predicted octanol–water partition coefficient (Wildman–Crippen LogP) is 3.12. The fourth-order valence-corrected chi connectivity index (χ4v) is 3.01. The molecule has 0 spiro atoms. The zero-order valence-corrected chi connectivity index (χ0v) is 12.5. The maximum absolute atomic E-state index is 11.8. The molecule has 0 aromatic heterocycles. The van der Waals surface area contributed by atoms with Gasteiger partial charge in [-0.25, -0.2) is 0 Å². The number of hydrogen-bond acceptors (Lipinski definition) is 3. The molecule has 1 aliphatic carbocycles. The monoisotopic (exact) mass is 255 g/mol. The summed E-state index contributed by atoms with van der Waals surface area (Å²) in [6, 6.07) is -0.0912. The van der Waals surface area contributed by atoms with E-state index in [4.69, 9.17) is 10.5 Å². The van der Waals surface area contributed by atoms with Gasteiger partial charge in [0.05, 0.1) is 6.42 Å². The fraction of sp³-hybridized carbons (Fsp3) is 0.933. The lowest BCUT2D eigenvalue weighted by atomic mass is 9.71. The van der Waals surface area contributed by atoms with Gasteiger partial charge in [0.25, 0.3) is 0 Å². The average molecular weight is 255 g/mol. The van der Waals surface area contributed by atoms with Gasteiger partial charge in [-0.1, -0.05) is 34.6 Å². The van der Waals surface area contributed by atoms with Gasteiger partial charge in [0.2, 0.25) is 0 Å². The molecule has 106 valence electrons. The first kappa shape index (κ1) is 15.5. The van der Waals surface area contributed by atoms with Crippen molar-refractivity contribution in [3.8, 4) is 0 Å². The van der Waals surface area contributed by atoms with E-state index in [0.717, 1.165) is 12.8 Å². The molecule has 18 heavy (non-hydrogen) atoms. The Hall–Kier alpha value is -0.570. The van der Waals surface area contributed by atoms with E-state index in [1.54, 1.807) is 0 Å². The summed E-state index contributed by atoms with van der Waals surface area (Å²) in [4.78, 5) is 11.8. The average Bonchev–Trinajstić information content (AvgIpc) is 2.12. The van der Waals surface area contributed by atoms with Crippen LogP contribution in [-0.4, -0.2) is 18.1 Å². The molecule has 0 saturated heterocycles. The Morgan fingerprint density at radius 1 is 1.39 bits per heavy atom. The molecule has 0 bridgehead atoms. The standard InChI is InChI=1S/C15H29NO2/c1-10(2)13(16)7-14(17)18-12-6-11(3)8-15(4,5)9-12/h10-13H,6-9,16H2,1-5H3. The molecule has 0 aliphatic heterocycles. The molecule has 3 heteroatoms. The maximum Gasteiger partial charge on any atom is 0.307 e. The summed E-state index contributed by atoms with van der Waals surface area (Å²) in [5.41, 5.74) is 6.18. The van der Waals surface area contributed by atoms with E-state index in [0.29, 0.717) is 18.3 Å². The molecule has 0 heterocycles. The smallest absolute Gasteiger partial charge is 0.307 e. The van der Waals surface area contributed by atoms with Crippen LogP contribution in [0.15, 0.2) is 0 Å². The summed E-state index contributed by atoms with van der Waals surface area (Å²) in [6.07, 6.45) is 3.59. The van der Waals surface area contributed by atoms with Gasteiger partial charge in [-0.05, 0) is 36.5 Å². The second-order valence-electron chi connectivity index (χ2n) is 7.14. The molecule has 0 amide bonds. The van der Waals surface area contributed by atoms with Crippen molar-refractivity contribution in [2.75, 3.05) is 0 Å². The highest BCUT2D eigenvalue weighted by molar-refractivity contribution is 5.70. The Bertz CT molecular complexity index is 286. The van der Waals surface area contributed by atoms with Gasteiger partial charge < -0.3 is 10.5 Å². The minimum absolute atomic E-state index is 0.0793. The minimum atomic E-state index is -0.133. The second-order valence-corrected chi connectivity index (χ2v) is 7.14. The molecular formula is C15H29NO2. The van der Waals surface area contributed by atoms with Crippen molar-refractivity contribution in [3.05, 3.63) is 0 Å². The lowest BCUT2D eigenvalue weighted by Crippen LogP contribution is -2.36. The topological polar surface area (TPSA) is 52.3 Å². The summed E-state index contributed by atoms with van der Waals surface area (Å²) in [5, 5.41) is 0. The van der Waals surface area contributed by atoms with E-state index in [1.807, 2.05) is 13.8 Å². The van der Waals surface area contributed by atoms with Crippen molar-refractivity contribution in [2.24, 2.45) is 23.0 Å². The number of esters is 1. The Morgan fingerprint density at radius 3 is 2.50 bits per heavy atom. The van der Waals surface area contributed by atoms with Gasteiger partial charge in [0, 0.05) is 6.04 Å². The Labute approximate surface area is 111 Å². The van der Waals surface area contributed by atoms with E-state index < -0.39 is 0 Å². The van der Waals surface area contributed by atoms with E-state index in [1.165, 1.54) is 6.42 Å². The van der Waals surface area contributed by atoms with E-state index in [9.17, 15) is 4.79 Å². The fourth-order valence-electron chi connectivity index (χ4n) is 3.01. The first-order valence-electron chi connectivity index (χ1n) is 7.14. The summed E-state index contributed by atoms with van der Waals surface area (Å²) >= 11 is 0. The Morgan fingerprint density at radius 2 is 2.00 bits per heavy atom. The number of carbonyl (C=O) groups excluding carboxylic acids is 1. The lowest BCUT2D eigenvalue weighted by molar-refractivity contribution is -0.154. The van der Waals surface area contributed by atoms with Crippen LogP contribution in [-0.2, 0) is 9.53 Å². The SMILES string of the molecule is CC1CC(OC(=O)CC(N)C(C)C)CC(C)(C)C1. The third-order valence-electron chi connectivity index (χ3n) is 3.90. The minimum Gasteiger partial charge on any atom is -0.462 e. The molecule has 3 atom stereocenters. The van der Waals surface area contributed by atoms with E-state index in [-0.39, 0.29) is 23.5 Å². The quantitative estimate of drug-likeness (QED) is 0.785. The van der Waals surface area contributed by atoms with E-state index in [2.05, 4.69) is 20.8 Å².